The number of ether oxygens (including phenoxy) is 1. The Labute approximate surface area is 212 Å². The lowest BCUT2D eigenvalue weighted by Crippen LogP contribution is -2.25. The minimum Gasteiger partial charge on any atom is -0.394 e. The lowest BCUT2D eigenvalue weighted by Gasteiger charge is -2.24. The van der Waals surface area contributed by atoms with Crippen molar-refractivity contribution in [2.24, 2.45) is 0 Å². The summed E-state index contributed by atoms with van der Waals surface area (Å²) in [6, 6.07) is 8.03. The second-order valence-corrected chi connectivity index (χ2v) is 9.13. The summed E-state index contributed by atoms with van der Waals surface area (Å²) in [7, 11) is 0. The van der Waals surface area contributed by atoms with Crippen LogP contribution < -0.4 is 4.90 Å². The number of rotatable bonds is 10. The summed E-state index contributed by atoms with van der Waals surface area (Å²) in [4.78, 5) is 15.8. The first-order valence-electron chi connectivity index (χ1n) is 12.1. The van der Waals surface area contributed by atoms with Crippen LogP contribution in [0.15, 0.2) is 36.8 Å². The van der Waals surface area contributed by atoms with E-state index < -0.39 is 6.67 Å². The molecule has 0 saturated carbocycles. The molecule has 1 aliphatic rings. The Morgan fingerprint density at radius 3 is 2.78 bits per heavy atom. The number of aliphatic hydroxyl groups excluding tert-OH is 1. The van der Waals surface area contributed by atoms with Crippen LogP contribution in [0.3, 0.4) is 0 Å². The number of anilines is 1. The molecule has 2 atom stereocenters. The topological polar surface area (TPSA) is 107 Å². The molecule has 1 saturated heterocycles. The van der Waals surface area contributed by atoms with Crippen LogP contribution in [-0.4, -0.2) is 65.5 Å². The van der Waals surface area contributed by atoms with Gasteiger partial charge in [0, 0.05) is 18.7 Å². The summed E-state index contributed by atoms with van der Waals surface area (Å²) in [5.74, 6) is 0.667. The number of nitrogens with zero attached hydrogens (tertiary/aromatic N) is 8. The van der Waals surface area contributed by atoms with Crippen LogP contribution in [0.1, 0.15) is 38.0 Å². The molecule has 4 heterocycles. The van der Waals surface area contributed by atoms with E-state index in [0.717, 1.165) is 36.9 Å². The highest BCUT2D eigenvalue weighted by atomic mass is 35.5. The van der Waals surface area contributed by atoms with Crippen molar-refractivity contribution in [2.45, 2.75) is 51.6 Å². The second-order valence-electron chi connectivity index (χ2n) is 8.79. The Hall–Kier alpha value is -3.15. The van der Waals surface area contributed by atoms with E-state index in [1.807, 2.05) is 28.8 Å². The van der Waals surface area contributed by atoms with Gasteiger partial charge in [0.15, 0.2) is 17.0 Å². The standard InChI is InChI=1S/C24H28ClFN8O2/c1-2-10-32(12-16-3-5-17(6-4-16)19-13-33(11-9-26)31-30-19)22-21-23(29-24(25)28-22)34(15-27-21)20-8-7-18(14-35)36-20/h3-6,13,15,18,20,35H,2,7-12,14H2,1H3/t18-,20-/m1/s1. The zero-order valence-corrected chi connectivity index (χ0v) is 20.7. The molecule has 0 spiro atoms. The number of halogens is 2. The zero-order chi connectivity index (χ0) is 25.1. The van der Waals surface area contributed by atoms with Gasteiger partial charge in [-0.05, 0) is 36.4 Å². The summed E-state index contributed by atoms with van der Waals surface area (Å²) in [6.45, 7) is 3.16. The molecule has 5 rings (SSSR count). The largest absolute Gasteiger partial charge is 0.394 e. The SMILES string of the molecule is CCCN(Cc1ccc(-c2cn(CCF)nn2)cc1)c1nc(Cl)nc2c1ncn2[C@H]1CC[C@H](CO)O1. The molecule has 1 aromatic carbocycles. The van der Waals surface area contributed by atoms with Gasteiger partial charge < -0.3 is 14.7 Å². The minimum atomic E-state index is -0.482. The molecule has 0 aliphatic carbocycles. The third-order valence-corrected chi connectivity index (χ3v) is 6.41. The number of fused-ring (bicyclic) bond motifs is 1. The highest BCUT2D eigenvalue weighted by Gasteiger charge is 2.29. The molecule has 0 amide bonds. The van der Waals surface area contributed by atoms with Crippen LogP contribution in [0.5, 0.6) is 0 Å². The Morgan fingerprint density at radius 1 is 1.22 bits per heavy atom. The van der Waals surface area contributed by atoms with Gasteiger partial charge in [-0.25, -0.2) is 14.1 Å². The number of hydrogen-bond acceptors (Lipinski definition) is 8. The minimum absolute atomic E-state index is 0.0107. The van der Waals surface area contributed by atoms with Crippen molar-refractivity contribution in [1.29, 1.82) is 0 Å². The molecule has 4 aromatic rings. The van der Waals surface area contributed by atoms with Crippen molar-refractivity contribution in [3.63, 3.8) is 0 Å². The smallest absolute Gasteiger partial charge is 0.226 e. The fourth-order valence-electron chi connectivity index (χ4n) is 4.49. The van der Waals surface area contributed by atoms with Gasteiger partial charge in [-0.15, -0.1) is 5.10 Å². The van der Waals surface area contributed by atoms with Crippen LogP contribution in [0.2, 0.25) is 5.28 Å². The molecule has 3 aromatic heterocycles. The van der Waals surface area contributed by atoms with E-state index in [-0.39, 0.29) is 30.8 Å². The van der Waals surface area contributed by atoms with E-state index in [1.54, 1.807) is 12.5 Å². The molecule has 1 N–H and O–H groups in total. The predicted molar refractivity (Wildman–Crippen MR) is 133 cm³/mol. The Bertz CT molecular complexity index is 1310. The van der Waals surface area contributed by atoms with Crippen molar-refractivity contribution >= 4 is 28.6 Å². The van der Waals surface area contributed by atoms with Crippen molar-refractivity contribution in [3.05, 3.63) is 47.6 Å². The number of aryl methyl sites for hydroxylation is 1. The van der Waals surface area contributed by atoms with Crippen LogP contribution >= 0.6 is 11.6 Å². The molecule has 1 aliphatic heterocycles. The molecule has 190 valence electrons. The van der Waals surface area contributed by atoms with E-state index in [0.29, 0.717) is 29.2 Å². The Balaban J connectivity index is 1.40. The van der Waals surface area contributed by atoms with Crippen LogP contribution in [-0.2, 0) is 17.8 Å². The van der Waals surface area contributed by atoms with Crippen LogP contribution in [0, 0.1) is 0 Å². The van der Waals surface area contributed by atoms with E-state index in [4.69, 9.17) is 16.3 Å². The van der Waals surface area contributed by atoms with Gasteiger partial charge in [0.1, 0.15) is 18.6 Å². The number of aliphatic hydroxyl groups is 1. The summed E-state index contributed by atoms with van der Waals surface area (Å²) < 4.78 is 21.9. The number of imidazole rings is 1. The number of hydrogen-bond donors (Lipinski definition) is 1. The van der Waals surface area contributed by atoms with Crippen molar-refractivity contribution in [2.75, 3.05) is 24.7 Å². The van der Waals surface area contributed by atoms with Gasteiger partial charge in [0.05, 0.1) is 31.8 Å². The molecule has 0 radical (unpaired) electrons. The predicted octanol–water partition coefficient (Wildman–Crippen LogP) is 3.79. The van der Waals surface area contributed by atoms with E-state index in [1.165, 1.54) is 4.68 Å². The molecule has 12 heteroatoms. The Morgan fingerprint density at radius 2 is 2.06 bits per heavy atom. The summed E-state index contributed by atoms with van der Waals surface area (Å²) in [5, 5.41) is 17.7. The molecule has 0 unspecified atom stereocenters. The number of aromatic nitrogens is 7. The van der Waals surface area contributed by atoms with Gasteiger partial charge >= 0.3 is 0 Å². The van der Waals surface area contributed by atoms with Gasteiger partial charge in [-0.2, -0.15) is 9.97 Å². The normalized spacial score (nSPS) is 17.8. The van der Waals surface area contributed by atoms with Crippen molar-refractivity contribution in [3.8, 4) is 11.3 Å². The number of benzene rings is 1. The molecule has 36 heavy (non-hydrogen) atoms. The van der Waals surface area contributed by atoms with E-state index >= 15 is 0 Å². The Kier molecular flexibility index (Phi) is 7.40. The highest BCUT2D eigenvalue weighted by molar-refractivity contribution is 6.28. The lowest BCUT2D eigenvalue weighted by molar-refractivity contribution is -0.0207. The quantitative estimate of drug-likeness (QED) is 0.318. The first-order chi connectivity index (χ1) is 17.6. The average Bonchev–Trinajstić information content (AvgIpc) is 3.63. The molecular formula is C24H28ClFN8O2. The monoisotopic (exact) mass is 514 g/mol. The third kappa shape index (κ3) is 5.04. The maximum absolute atomic E-state index is 12.6. The molecule has 10 nitrogen and oxygen atoms in total. The summed E-state index contributed by atoms with van der Waals surface area (Å²) >= 11 is 6.37. The first kappa shape index (κ1) is 24.5. The fourth-order valence-corrected chi connectivity index (χ4v) is 4.65. The van der Waals surface area contributed by atoms with Gasteiger partial charge in [0.25, 0.3) is 0 Å². The van der Waals surface area contributed by atoms with Crippen molar-refractivity contribution < 1.29 is 14.2 Å². The van der Waals surface area contributed by atoms with Gasteiger partial charge in [0.2, 0.25) is 5.28 Å². The molecular weight excluding hydrogens is 487 g/mol. The maximum Gasteiger partial charge on any atom is 0.226 e. The van der Waals surface area contributed by atoms with Crippen LogP contribution in [0.4, 0.5) is 10.2 Å². The summed E-state index contributed by atoms with van der Waals surface area (Å²) in [5.41, 5.74) is 3.96. The lowest BCUT2D eigenvalue weighted by atomic mass is 10.1. The number of alkyl halides is 1. The highest BCUT2D eigenvalue weighted by Crippen LogP contribution is 2.33. The summed E-state index contributed by atoms with van der Waals surface area (Å²) in [6.07, 6.45) is 5.46. The zero-order valence-electron chi connectivity index (χ0n) is 20.0. The average molecular weight is 515 g/mol. The first-order valence-corrected chi connectivity index (χ1v) is 12.4. The molecule has 1 fully saturated rings. The van der Waals surface area contributed by atoms with E-state index in [9.17, 15) is 9.50 Å². The van der Waals surface area contributed by atoms with E-state index in [2.05, 4.69) is 37.1 Å². The van der Waals surface area contributed by atoms with Crippen LogP contribution in [0.25, 0.3) is 22.4 Å². The fraction of sp³-hybridized carbons (Fsp3) is 0.458. The maximum atomic E-state index is 12.6. The molecule has 0 bridgehead atoms. The third-order valence-electron chi connectivity index (χ3n) is 6.24. The second kappa shape index (κ2) is 10.9. The van der Waals surface area contributed by atoms with Crippen molar-refractivity contribution in [1.82, 2.24) is 34.5 Å². The van der Waals surface area contributed by atoms with Gasteiger partial charge in [-0.3, -0.25) is 4.57 Å². The van der Waals surface area contributed by atoms with Gasteiger partial charge in [-0.1, -0.05) is 36.4 Å².